The number of hydrogen-bond donors (Lipinski definition) is 0. The number of hydrogen-bond acceptors (Lipinski definition) is 0. The Morgan fingerprint density at radius 3 is 2.09 bits per heavy atom. The zero-order valence-electron chi connectivity index (χ0n) is 8.12. The molecule has 62 valence electrons. The van der Waals surface area contributed by atoms with E-state index in [1.165, 1.54) is 19.3 Å². The molecule has 11 heavy (non-hydrogen) atoms. The highest BCUT2D eigenvalue weighted by atomic mass is 14.2. The van der Waals surface area contributed by atoms with Crippen molar-refractivity contribution in [1.82, 2.24) is 0 Å². The Hall–Kier alpha value is -0.520. The first kappa shape index (κ1) is 8.58. The van der Waals surface area contributed by atoms with E-state index in [1.807, 2.05) is 0 Å². The SMILES string of the molecule is CCCC1=C(C)CC(C)=C1C. The first-order valence-electron chi connectivity index (χ1n) is 4.52. The molecule has 0 aromatic carbocycles. The van der Waals surface area contributed by atoms with E-state index in [0.29, 0.717) is 0 Å². The maximum absolute atomic E-state index is 2.27. The lowest BCUT2D eigenvalue weighted by molar-refractivity contribution is 0.903. The molecular formula is C11H18. The van der Waals surface area contributed by atoms with Gasteiger partial charge in [-0.3, -0.25) is 0 Å². The molecule has 0 spiro atoms. The molecule has 0 heterocycles. The van der Waals surface area contributed by atoms with E-state index >= 15 is 0 Å². The van der Waals surface area contributed by atoms with Crippen LogP contribution in [-0.2, 0) is 0 Å². The van der Waals surface area contributed by atoms with Crippen molar-refractivity contribution in [2.45, 2.75) is 47.0 Å². The summed E-state index contributed by atoms with van der Waals surface area (Å²) in [7, 11) is 0. The Kier molecular flexibility index (Phi) is 2.53. The van der Waals surface area contributed by atoms with Crippen LogP contribution >= 0.6 is 0 Å². The fraction of sp³-hybridized carbons (Fsp3) is 0.636. The van der Waals surface area contributed by atoms with Gasteiger partial charge in [0.2, 0.25) is 0 Å². The summed E-state index contributed by atoms with van der Waals surface area (Å²) in [6, 6.07) is 0. The van der Waals surface area contributed by atoms with E-state index in [-0.39, 0.29) is 0 Å². The summed E-state index contributed by atoms with van der Waals surface area (Å²) in [5.74, 6) is 0. The third-order valence-electron chi connectivity index (χ3n) is 2.64. The van der Waals surface area contributed by atoms with Crippen molar-refractivity contribution >= 4 is 0 Å². The molecule has 0 saturated heterocycles. The second-order valence-electron chi connectivity index (χ2n) is 3.59. The van der Waals surface area contributed by atoms with E-state index in [0.717, 1.165) is 0 Å². The van der Waals surface area contributed by atoms with Crippen LogP contribution < -0.4 is 0 Å². The van der Waals surface area contributed by atoms with Gasteiger partial charge in [-0.05, 0) is 44.8 Å². The van der Waals surface area contributed by atoms with Crippen molar-refractivity contribution in [3.8, 4) is 0 Å². The van der Waals surface area contributed by atoms with Crippen LogP contribution in [0.15, 0.2) is 22.3 Å². The summed E-state index contributed by atoms with van der Waals surface area (Å²) in [5, 5.41) is 0. The Morgan fingerprint density at radius 2 is 1.73 bits per heavy atom. The molecule has 0 atom stereocenters. The second kappa shape index (κ2) is 3.25. The van der Waals surface area contributed by atoms with Gasteiger partial charge in [0.15, 0.2) is 0 Å². The maximum Gasteiger partial charge on any atom is -0.0102 e. The first-order chi connectivity index (χ1) is 5.16. The van der Waals surface area contributed by atoms with Crippen molar-refractivity contribution in [2.24, 2.45) is 0 Å². The van der Waals surface area contributed by atoms with Crippen LogP contribution in [0, 0.1) is 0 Å². The largest absolute Gasteiger partial charge is 0.0661 e. The Bertz CT molecular complexity index is 216. The molecule has 0 aromatic rings. The van der Waals surface area contributed by atoms with E-state index in [2.05, 4.69) is 27.7 Å². The quantitative estimate of drug-likeness (QED) is 0.561. The van der Waals surface area contributed by atoms with Gasteiger partial charge in [0, 0.05) is 0 Å². The highest BCUT2D eigenvalue weighted by Gasteiger charge is 2.13. The Balaban J connectivity index is 2.81. The first-order valence-corrected chi connectivity index (χ1v) is 4.52. The monoisotopic (exact) mass is 150 g/mol. The smallest absolute Gasteiger partial charge is 0.0102 e. The summed E-state index contributed by atoms with van der Waals surface area (Å²) in [4.78, 5) is 0. The third kappa shape index (κ3) is 1.55. The molecule has 0 bridgehead atoms. The highest BCUT2D eigenvalue weighted by molar-refractivity contribution is 5.44. The van der Waals surface area contributed by atoms with Crippen LogP contribution in [0.3, 0.4) is 0 Å². The minimum atomic E-state index is 1.22. The molecule has 0 unspecified atom stereocenters. The predicted molar refractivity (Wildman–Crippen MR) is 50.6 cm³/mol. The van der Waals surface area contributed by atoms with Crippen LogP contribution in [0.4, 0.5) is 0 Å². The van der Waals surface area contributed by atoms with Gasteiger partial charge in [-0.15, -0.1) is 0 Å². The Labute approximate surface area is 70.0 Å². The van der Waals surface area contributed by atoms with Crippen molar-refractivity contribution in [1.29, 1.82) is 0 Å². The molecule has 0 nitrogen and oxygen atoms in total. The van der Waals surface area contributed by atoms with Crippen molar-refractivity contribution in [2.75, 3.05) is 0 Å². The van der Waals surface area contributed by atoms with Crippen molar-refractivity contribution in [3.63, 3.8) is 0 Å². The lowest BCUT2D eigenvalue weighted by Gasteiger charge is -2.03. The molecular weight excluding hydrogens is 132 g/mol. The highest BCUT2D eigenvalue weighted by Crippen LogP contribution is 2.33. The lowest BCUT2D eigenvalue weighted by atomic mass is 10.0. The maximum atomic E-state index is 2.27. The van der Waals surface area contributed by atoms with Crippen molar-refractivity contribution in [3.05, 3.63) is 22.3 Å². The molecule has 0 aliphatic heterocycles. The molecule has 0 aromatic heterocycles. The van der Waals surface area contributed by atoms with Crippen molar-refractivity contribution < 1.29 is 0 Å². The molecule has 0 fully saturated rings. The molecule has 0 heteroatoms. The van der Waals surface area contributed by atoms with E-state index in [9.17, 15) is 0 Å². The fourth-order valence-electron chi connectivity index (χ4n) is 1.87. The minimum absolute atomic E-state index is 1.22. The van der Waals surface area contributed by atoms with E-state index < -0.39 is 0 Å². The van der Waals surface area contributed by atoms with Gasteiger partial charge in [-0.1, -0.05) is 24.5 Å². The van der Waals surface area contributed by atoms with Gasteiger partial charge in [-0.25, -0.2) is 0 Å². The van der Waals surface area contributed by atoms with Gasteiger partial charge in [0.05, 0.1) is 0 Å². The van der Waals surface area contributed by atoms with Crippen LogP contribution in [0.25, 0.3) is 0 Å². The third-order valence-corrected chi connectivity index (χ3v) is 2.64. The summed E-state index contributed by atoms with van der Waals surface area (Å²) in [6.07, 6.45) is 3.77. The van der Waals surface area contributed by atoms with Gasteiger partial charge in [-0.2, -0.15) is 0 Å². The zero-order chi connectivity index (χ0) is 8.43. The average molecular weight is 150 g/mol. The topological polar surface area (TPSA) is 0 Å². The fourth-order valence-corrected chi connectivity index (χ4v) is 1.87. The molecule has 0 N–H and O–H groups in total. The zero-order valence-corrected chi connectivity index (χ0v) is 8.12. The standard InChI is InChI=1S/C11H18/c1-5-6-11-9(3)7-8(2)10(11)4/h5-7H2,1-4H3. The summed E-state index contributed by atoms with van der Waals surface area (Å²) in [6.45, 7) is 9.03. The summed E-state index contributed by atoms with van der Waals surface area (Å²) < 4.78 is 0. The second-order valence-corrected chi connectivity index (χ2v) is 3.59. The van der Waals surface area contributed by atoms with Crippen LogP contribution in [0.1, 0.15) is 47.0 Å². The van der Waals surface area contributed by atoms with Gasteiger partial charge < -0.3 is 0 Å². The molecule has 1 aliphatic carbocycles. The minimum Gasteiger partial charge on any atom is -0.0661 e. The van der Waals surface area contributed by atoms with Gasteiger partial charge >= 0.3 is 0 Å². The summed E-state index contributed by atoms with van der Waals surface area (Å²) >= 11 is 0. The number of allylic oxidation sites excluding steroid dienone is 4. The van der Waals surface area contributed by atoms with Gasteiger partial charge in [0.25, 0.3) is 0 Å². The Morgan fingerprint density at radius 1 is 1.09 bits per heavy atom. The van der Waals surface area contributed by atoms with Gasteiger partial charge in [0.1, 0.15) is 0 Å². The molecule has 1 rings (SSSR count). The predicted octanol–water partition coefficient (Wildman–Crippen LogP) is 3.84. The van der Waals surface area contributed by atoms with Crippen LogP contribution in [-0.4, -0.2) is 0 Å². The molecule has 0 radical (unpaired) electrons. The number of rotatable bonds is 2. The lowest BCUT2D eigenvalue weighted by Crippen LogP contribution is -1.83. The molecule has 0 amide bonds. The summed E-state index contributed by atoms with van der Waals surface area (Å²) in [5.41, 5.74) is 6.36. The molecule has 0 saturated carbocycles. The normalized spacial score (nSPS) is 18.5. The average Bonchev–Trinajstić information content (AvgIpc) is 2.17. The van der Waals surface area contributed by atoms with Crippen LogP contribution in [0.2, 0.25) is 0 Å². The van der Waals surface area contributed by atoms with Crippen LogP contribution in [0.5, 0.6) is 0 Å². The van der Waals surface area contributed by atoms with E-state index in [1.54, 1.807) is 22.3 Å². The molecule has 1 aliphatic rings. The van der Waals surface area contributed by atoms with E-state index in [4.69, 9.17) is 0 Å².